The summed E-state index contributed by atoms with van der Waals surface area (Å²) in [5.41, 5.74) is 1.12. The normalized spacial score (nSPS) is 11.1. The van der Waals surface area contributed by atoms with Crippen LogP contribution in [0.25, 0.3) is 0 Å². The van der Waals surface area contributed by atoms with Crippen LogP contribution in [0.5, 0.6) is 17.2 Å². The second kappa shape index (κ2) is 8.60. The minimum absolute atomic E-state index is 0.296. The smallest absolute Gasteiger partial charge is 0.265 e. The fourth-order valence-corrected chi connectivity index (χ4v) is 2.13. The molecule has 2 aromatic carbocycles. The molecular formula is C19H20N2O4. The standard InChI is InChI=1S/C19H20N2O4/c1-4-24-17-10-7-15(11-18(17)23-3)21-19(22)13(2)25-16-8-5-14(12-20)6-9-16/h5-11,13H,4H2,1-3H3,(H,21,22)/t13-/m1/s1. The van der Waals surface area contributed by atoms with Crippen LogP contribution < -0.4 is 19.5 Å². The van der Waals surface area contributed by atoms with Gasteiger partial charge in [0.05, 0.1) is 25.3 Å². The predicted octanol–water partition coefficient (Wildman–Crippen LogP) is 3.37. The Labute approximate surface area is 146 Å². The third kappa shape index (κ3) is 4.88. The Morgan fingerprint density at radius 2 is 1.92 bits per heavy atom. The van der Waals surface area contributed by atoms with E-state index in [0.29, 0.717) is 35.1 Å². The zero-order valence-electron chi connectivity index (χ0n) is 14.4. The van der Waals surface area contributed by atoms with Crippen LogP contribution >= 0.6 is 0 Å². The molecule has 0 aliphatic rings. The highest BCUT2D eigenvalue weighted by atomic mass is 16.5. The van der Waals surface area contributed by atoms with Crippen molar-refractivity contribution in [3.8, 4) is 23.3 Å². The minimum Gasteiger partial charge on any atom is -0.493 e. The number of carbonyl (C=O) groups is 1. The van der Waals surface area contributed by atoms with Crippen molar-refractivity contribution in [2.24, 2.45) is 0 Å². The summed E-state index contributed by atoms with van der Waals surface area (Å²) in [6, 6.07) is 13.8. The highest BCUT2D eigenvalue weighted by molar-refractivity contribution is 5.94. The lowest BCUT2D eigenvalue weighted by Crippen LogP contribution is -2.30. The quantitative estimate of drug-likeness (QED) is 0.836. The van der Waals surface area contributed by atoms with Gasteiger partial charge < -0.3 is 19.5 Å². The van der Waals surface area contributed by atoms with Crippen LogP contribution in [0.3, 0.4) is 0 Å². The molecule has 130 valence electrons. The Balaban J connectivity index is 2.01. The summed E-state index contributed by atoms with van der Waals surface area (Å²) in [5.74, 6) is 1.38. The number of carbonyl (C=O) groups excluding carboxylic acids is 1. The molecule has 0 saturated carbocycles. The number of benzene rings is 2. The molecule has 1 atom stereocenters. The Morgan fingerprint density at radius 3 is 2.52 bits per heavy atom. The molecule has 0 aliphatic heterocycles. The molecule has 0 heterocycles. The van der Waals surface area contributed by atoms with Gasteiger partial charge >= 0.3 is 0 Å². The number of ether oxygens (including phenoxy) is 3. The minimum atomic E-state index is -0.703. The number of methoxy groups -OCH3 is 1. The summed E-state index contributed by atoms with van der Waals surface area (Å²) in [7, 11) is 1.54. The number of anilines is 1. The zero-order chi connectivity index (χ0) is 18.2. The first kappa shape index (κ1) is 18.1. The molecule has 25 heavy (non-hydrogen) atoms. The van der Waals surface area contributed by atoms with Crippen LogP contribution in [-0.4, -0.2) is 25.7 Å². The van der Waals surface area contributed by atoms with Gasteiger partial charge in [-0.1, -0.05) is 0 Å². The van der Waals surface area contributed by atoms with E-state index in [-0.39, 0.29) is 5.91 Å². The van der Waals surface area contributed by atoms with Crippen molar-refractivity contribution in [2.45, 2.75) is 20.0 Å². The second-order valence-electron chi connectivity index (χ2n) is 5.18. The van der Waals surface area contributed by atoms with Gasteiger partial charge in [0.1, 0.15) is 5.75 Å². The molecule has 0 spiro atoms. The van der Waals surface area contributed by atoms with Crippen molar-refractivity contribution in [3.05, 3.63) is 48.0 Å². The first-order valence-electron chi connectivity index (χ1n) is 7.86. The Bertz CT molecular complexity index is 766. The lowest BCUT2D eigenvalue weighted by atomic mass is 10.2. The van der Waals surface area contributed by atoms with Gasteiger partial charge in [0.25, 0.3) is 5.91 Å². The Hall–Kier alpha value is -3.20. The van der Waals surface area contributed by atoms with Gasteiger partial charge in [0.2, 0.25) is 0 Å². The van der Waals surface area contributed by atoms with Crippen LogP contribution in [0.15, 0.2) is 42.5 Å². The molecule has 1 N–H and O–H groups in total. The van der Waals surface area contributed by atoms with E-state index >= 15 is 0 Å². The van der Waals surface area contributed by atoms with Gasteiger partial charge in [-0.25, -0.2) is 0 Å². The molecule has 0 unspecified atom stereocenters. The summed E-state index contributed by atoms with van der Waals surface area (Å²) in [4.78, 5) is 12.3. The predicted molar refractivity (Wildman–Crippen MR) is 94.0 cm³/mol. The van der Waals surface area contributed by atoms with Crippen molar-refractivity contribution in [3.63, 3.8) is 0 Å². The van der Waals surface area contributed by atoms with E-state index in [2.05, 4.69) is 5.32 Å². The third-order valence-electron chi connectivity index (χ3n) is 3.40. The van der Waals surface area contributed by atoms with Crippen molar-refractivity contribution >= 4 is 11.6 Å². The summed E-state index contributed by atoms with van der Waals surface area (Å²) in [6.45, 7) is 4.06. The number of rotatable bonds is 7. The molecular weight excluding hydrogens is 320 g/mol. The van der Waals surface area contributed by atoms with Crippen LogP contribution in [0.1, 0.15) is 19.4 Å². The van der Waals surface area contributed by atoms with E-state index in [1.54, 1.807) is 56.5 Å². The lowest BCUT2D eigenvalue weighted by molar-refractivity contribution is -0.122. The fourth-order valence-electron chi connectivity index (χ4n) is 2.13. The molecule has 6 heteroatoms. The first-order valence-corrected chi connectivity index (χ1v) is 7.86. The molecule has 0 bridgehead atoms. The Morgan fingerprint density at radius 1 is 1.20 bits per heavy atom. The number of nitrogens with zero attached hydrogens (tertiary/aromatic N) is 1. The van der Waals surface area contributed by atoms with Gasteiger partial charge in [-0.15, -0.1) is 0 Å². The average Bonchev–Trinajstić information content (AvgIpc) is 2.63. The maximum Gasteiger partial charge on any atom is 0.265 e. The van der Waals surface area contributed by atoms with Crippen LogP contribution in [-0.2, 0) is 4.79 Å². The van der Waals surface area contributed by atoms with Crippen molar-refractivity contribution in [1.29, 1.82) is 5.26 Å². The number of hydrogen-bond acceptors (Lipinski definition) is 5. The molecule has 1 amide bonds. The van der Waals surface area contributed by atoms with E-state index in [9.17, 15) is 4.79 Å². The lowest BCUT2D eigenvalue weighted by Gasteiger charge is -2.16. The Kier molecular flexibility index (Phi) is 6.24. The fraction of sp³-hybridized carbons (Fsp3) is 0.263. The average molecular weight is 340 g/mol. The highest BCUT2D eigenvalue weighted by Crippen LogP contribution is 2.30. The van der Waals surface area contributed by atoms with Gasteiger partial charge in [0, 0.05) is 11.8 Å². The number of hydrogen-bond donors (Lipinski definition) is 1. The van der Waals surface area contributed by atoms with E-state index in [1.165, 1.54) is 0 Å². The van der Waals surface area contributed by atoms with Crippen LogP contribution in [0, 0.1) is 11.3 Å². The molecule has 0 aliphatic carbocycles. The highest BCUT2D eigenvalue weighted by Gasteiger charge is 2.16. The van der Waals surface area contributed by atoms with E-state index in [0.717, 1.165) is 0 Å². The SMILES string of the molecule is CCOc1ccc(NC(=O)[C@@H](C)Oc2ccc(C#N)cc2)cc1OC. The topological polar surface area (TPSA) is 80.6 Å². The van der Waals surface area contributed by atoms with Crippen LogP contribution in [0.2, 0.25) is 0 Å². The summed E-state index contributed by atoms with van der Waals surface area (Å²) in [5, 5.41) is 11.6. The molecule has 2 aromatic rings. The molecule has 2 rings (SSSR count). The van der Waals surface area contributed by atoms with Crippen molar-refractivity contribution in [1.82, 2.24) is 0 Å². The van der Waals surface area contributed by atoms with Crippen LogP contribution in [0.4, 0.5) is 5.69 Å². The molecule has 0 radical (unpaired) electrons. The van der Waals surface area contributed by atoms with E-state index in [1.807, 2.05) is 13.0 Å². The monoisotopic (exact) mass is 340 g/mol. The van der Waals surface area contributed by atoms with Gasteiger partial charge in [-0.3, -0.25) is 4.79 Å². The van der Waals surface area contributed by atoms with Crippen molar-refractivity contribution in [2.75, 3.05) is 19.0 Å². The maximum atomic E-state index is 12.3. The van der Waals surface area contributed by atoms with E-state index < -0.39 is 6.10 Å². The molecule has 0 saturated heterocycles. The number of nitriles is 1. The first-order chi connectivity index (χ1) is 12.1. The largest absolute Gasteiger partial charge is 0.493 e. The van der Waals surface area contributed by atoms with E-state index in [4.69, 9.17) is 19.5 Å². The number of amides is 1. The van der Waals surface area contributed by atoms with Gasteiger partial charge in [-0.2, -0.15) is 5.26 Å². The summed E-state index contributed by atoms with van der Waals surface area (Å²) in [6.07, 6.45) is -0.703. The number of nitrogens with one attached hydrogen (secondary N) is 1. The molecule has 0 aromatic heterocycles. The zero-order valence-corrected chi connectivity index (χ0v) is 14.4. The second-order valence-corrected chi connectivity index (χ2v) is 5.18. The summed E-state index contributed by atoms with van der Waals surface area (Å²) >= 11 is 0. The van der Waals surface area contributed by atoms with Gasteiger partial charge in [-0.05, 0) is 50.2 Å². The summed E-state index contributed by atoms with van der Waals surface area (Å²) < 4.78 is 16.3. The third-order valence-corrected chi connectivity index (χ3v) is 3.40. The molecule has 0 fully saturated rings. The van der Waals surface area contributed by atoms with Gasteiger partial charge in [0.15, 0.2) is 17.6 Å². The van der Waals surface area contributed by atoms with Crippen molar-refractivity contribution < 1.29 is 19.0 Å². The molecule has 6 nitrogen and oxygen atoms in total. The maximum absolute atomic E-state index is 12.3.